The minimum atomic E-state index is -0.654. The quantitative estimate of drug-likeness (QED) is 0.663. The summed E-state index contributed by atoms with van der Waals surface area (Å²) < 4.78 is 4.86. The van der Waals surface area contributed by atoms with Crippen molar-refractivity contribution in [2.75, 3.05) is 25.6 Å². The van der Waals surface area contributed by atoms with Crippen molar-refractivity contribution in [3.05, 3.63) is 28.8 Å². The number of ether oxygens (including phenoxy) is 1. The first-order valence-corrected chi connectivity index (χ1v) is 7.67. The fraction of sp³-hybridized carbons (Fsp3) is 0.500. The predicted octanol–water partition coefficient (Wildman–Crippen LogP) is 2.45. The second-order valence-electron chi connectivity index (χ2n) is 6.28. The van der Waals surface area contributed by atoms with Crippen LogP contribution in [0.3, 0.4) is 0 Å². The smallest absolute Gasteiger partial charge is 0.252 e. The number of nitrogens with two attached hydrogens (primary N) is 1. The molecule has 0 aliphatic carbocycles. The SMILES string of the molecule is COCCNC(=O)c1ccc(NC(=O)[C@@H](N)C(C)(C)C)cc1Cl.Cl. The summed E-state index contributed by atoms with van der Waals surface area (Å²) in [6.45, 7) is 6.47. The van der Waals surface area contributed by atoms with Crippen LogP contribution in [0.5, 0.6) is 0 Å². The molecule has 8 heteroatoms. The van der Waals surface area contributed by atoms with Gasteiger partial charge in [0, 0.05) is 19.3 Å². The Labute approximate surface area is 153 Å². The Morgan fingerprint density at radius 1 is 1.33 bits per heavy atom. The number of nitrogens with one attached hydrogen (secondary N) is 2. The highest BCUT2D eigenvalue weighted by Crippen LogP contribution is 2.23. The number of rotatable bonds is 6. The van der Waals surface area contributed by atoms with Crippen LogP contribution in [0.2, 0.25) is 5.02 Å². The lowest BCUT2D eigenvalue weighted by Gasteiger charge is -2.25. The van der Waals surface area contributed by atoms with Gasteiger partial charge in [-0.3, -0.25) is 9.59 Å². The zero-order valence-electron chi connectivity index (χ0n) is 14.3. The molecule has 1 aromatic carbocycles. The Hall–Kier alpha value is -1.34. The van der Waals surface area contributed by atoms with E-state index in [0.29, 0.717) is 24.4 Å². The topological polar surface area (TPSA) is 93.5 Å². The number of hydrogen-bond donors (Lipinski definition) is 3. The normalized spacial score (nSPS) is 12.1. The van der Waals surface area contributed by atoms with Gasteiger partial charge in [0.15, 0.2) is 0 Å². The van der Waals surface area contributed by atoms with Gasteiger partial charge >= 0.3 is 0 Å². The summed E-state index contributed by atoms with van der Waals surface area (Å²) >= 11 is 6.12. The second kappa shape index (κ2) is 9.84. The van der Waals surface area contributed by atoms with Crippen molar-refractivity contribution in [2.45, 2.75) is 26.8 Å². The van der Waals surface area contributed by atoms with Crippen molar-refractivity contribution in [1.82, 2.24) is 5.32 Å². The zero-order valence-corrected chi connectivity index (χ0v) is 15.9. The Morgan fingerprint density at radius 2 is 1.96 bits per heavy atom. The van der Waals surface area contributed by atoms with Gasteiger partial charge in [-0.25, -0.2) is 0 Å². The van der Waals surface area contributed by atoms with Crippen LogP contribution in [0, 0.1) is 5.41 Å². The lowest BCUT2D eigenvalue weighted by Crippen LogP contribution is -2.45. The average Bonchev–Trinajstić information content (AvgIpc) is 2.45. The van der Waals surface area contributed by atoms with Gasteiger partial charge in [0.25, 0.3) is 5.91 Å². The fourth-order valence-electron chi connectivity index (χ4n) is 1.75. The van der Waals surface area contributed by atoms with E-state index in [1.54, 1.807) is 19.2 Å². The standard InChI is InChI=1S/C16H24ClN3O3.ClH/c1-16(2,3)13(18)15(22)20-10-5-6-11(12(17)9-10)14(21)19-7-8-23-4;/h5-6,9,13H,7-8,18H2,1-4H3,(H,19,21)(H,20,22);1H/t13-;/m1./s1. The van der Waals surface area contributed by atoms with Crippen LogP contribution < -0.4 is 16.4 Å². The molecule has 0 bridgehead atoms. The maximum absolute atomic E-state index is 12.1. The van der Waals surface area contributed by atoms with E-state index in [4.69, 9.17) is 22.1 Å². The summed E-state index contributed by atoms with van der Waals surface area (Å²) in [5, 5.41) is 5.64. The first-order chi connectivity index (χ1) is 10.7. The molecule has 0 aromatic heterocycles. The van der Waals surface area contributed by atoms with Crippen molar-refractivity contribution < 1.29 is 14.3 Å². The molecule has 4 N–H and O–H groups in total. The molecule has 0 aliphatic rings. The predicted molar refractivity (Wildman–Crippen MR) is 99.0 cm³/mol. The highest BCUT2D eigenvalue weighted by atomic mass is 35.5. The lowest BCUT2D eigenvalue weighted by molar-refractivity contribution is -0.119. The summed E-state index contributed by atoms with van der Waals surface area (Å²) in [7, 11) is 1.55. The molecule has 0 unspecified atom stereocenters. The lowest BCUT2D eigenvalue weighted by atomic mass is 9.87. The van der Waals surface area contributed by atoms with E-state index < -0.39 is 6.04 Å². The number of hydrogen-bond acceptors (Lipinski definition) is 4. The Morgan fingerprint density at radius 3 is 2.46 bits per heavy atom. The molecule has 1 rings (SSSR count). The Balaban J connectivity index is 0.00000529. The minimum Gasteiger partial charge on any atom is -0.383 e. The van der Waals surface area contributed by atoms with Gasteiger partial charge < -0.3 is 21.1 Å². The molecular weight excluding hydrogens is 353 g/mol. The molecule has 24 heavy (non-hydrogen) atoms. The summed E-state index contributed by atoms with van der Waals surface area (Å²) in [5.41, 5.74) is 6.38. The maximum Gasteiger partial charge on any atom is 0.252 e. The molecule has 1 atom stereocenters. The molecule has 0 heterocycles. The molecule has 136 valence electrons. The van der Waals surface area contributed by atoms with Crippen LogP contribution in [-0.4, -0.2) is 38.1 Å². The summed E-state index contributed by atoms with van der Waals surface area (Å²) in [5.74, 6) is -0.595. The van der Waals surface area contributed by atoms with Gasteiger partial charge in [0.05, 0.1) is 23.2 Å². The average molecular weight is 378 g/mol. The van der Waals surface area contributed by atoms with Gasteiger partial charge in [-0.1, -0.05) is 32.4 Å². The van der Waals surface area contributed by atoms with E-state index in [0.717, 1.165) is 0 Å². The van der Waals surface area contributed by atoms with E-state index in [1.807, 2.05) is 20.8 Å². The Bertz CT molecular complexity index is 574. The fourth-order valence-corrected chi connectivity index (χ4v) is 2.02. The van der Waals surface area contributed by atoms with E-state index in [-0.39, 0.29) is 34.7 Å². The van der Waals surface area contributed by atoms with Crippen LogP contribution in [0.25, 0.3) is 0 Å². The third-order valence-electron chi connectivity index (χ3n) is 3.29. The number of methoxy groups -OCH3 is 1. The van der Waals surface area contributed by atoms with Crippen molar-refractivity contribution in [1.29, 1.82) is 0 Å². The third kappa shape index (κ3) is 6.65. The number of amides is 2. The van der Waals surface area contributed by atoms with Crippen LogP contribution in [0.1, 0.15) is 31.1 Å². The molecule has 1 aromatic rings. The van der Waals surface area contributed by atoms with E-state index in [2.05, 4.69) is 10.6 Å². The molecule has 0 aliphatic heterocycles. The summed E-state index contributed by atoms with van der Waals surface area (Å²) in [4.78, 5) is 24.0. The first kappa shape index (κ1) is 22.7. The van der Waals surface area contributed by atoms with Crippen molar-refractivity contribution >= 4 is 41.5 Å². The van der Waals surface area contributed by atoms with E-state index in [9.17, 15) is 9.59 Å². The zero-order chi connectivity index (χ0) is 17.6. The molecule has 0 radical (unpaired) electrons. The van der Waals surface area contributed by atoms with E-state index >= 15 is 0 Å². The minimum absolute atomic E-state index is 0. The highest BCUT2D eigenvalue weighted by Gasteiger charge is 2.27. The van der Waals surface area contributed by atoms with Gasteiger partial charge in [-0.2, -0.15) is 0 Å². The molecule has 0 saturated heterocycles. The van der Waals surface area contributed by atoms with Crippen molar-refractivity contribution in [3.8, 4) is 0 Å². The van der Waals surface area contributed by atoms with Gasteiger partial charge in [0.1, 0.15) is 0 Å². The van der Waals surface area contributed by atoms with Gasteiger partial charge in [-0.15, -0.1) is 12.4 Å². The largest absolute Gasteiger partial charge is 0.383 e. The summed E-state index contributed by atoms with van der Waals surface area (Å²) in [6, 6.07) is 4.05. The molecule has 0 spiro atoms. The molecule has 6 nitrogen and oxygen atoms in total. The highest BCUT2D eigenvalue weighted by molar-refractivity contribution is 6.34. The van der Waals surface area contributed by atoms with Crippen LogP contribution >= 0.6 is 24.0 Å². The molecule has 0 saturated carbocycles. The number of benzene rings is 1. The van der Waals surface area contributed by atoms with E-state index in [1.165, 1.54) is 6.07 Å². The van der Waals surface area contributed by atoms with Crippen molar-refractivity contribution in [3.63, 3.8) is 0 Å². The number of halogens is 2. The summed E-state index contributed by atoms with van der Waals surface area (Å²) in [6.07, 6.45) is 0. The van der Waals surface area contributed by atoms with Gasteiger partial charge in [0.2, 0.25) is 5.91 Å². The number of carbonyl (C=O) groups excluding carboxylic acids is 2. The molecular formula is C16H25Cl2N3O3. The van der Waals surface area contributed by atoms with Gasteiger partial charge in [-0.05, 0) is 23.6 Å². The molecule has 0 fully saturated rings. The number of carbonyl (C=O) groups is 2. The maximum atomic E-state index is 12.1. The monoisotopic (exact) mass is 377 g/mol. The van der Waals surface area contributed by atoms with Crippen LogP contribution in [0.4, 0.5) is 5.69 Å². The molecule has 2 amide bonds. The Kier molecular flexibility index (Phi) is 9.29. The first-order valence-electron chi connectivity index (χ1n) is 7.30. The van der Waals surface area contributed by atoms with Crippen LogP contribution in [0.15, 0.2) is 18.2 Å². The van der Waals surface area contributed by atoms with Crippen LogP contribution in [-0.2, 0) is 9.53 Å². The number of anilines is 1. The second-order valence-corrected chi connectivity index (χ2v) is 6.68. The third-order valence-corrected chi connectivity index (χ3v) is 3.60. The van der Waals surface area contributed by atoms with Crippen molar-refractivity contribution in [2.24, 2.45) is 11.1 Å².